The number of anilines is 2. The van der Waals surface area contributed by atoms with Gasteiger partial charge >= 0.3 is 0 Å². The van der Waals surface area contributed by atoms with E-state index in [9.17, 15) is 4.79 Å². The van der Waals surface area contributed by atoms with Crippen molar-refractivity contribution in [3.8, 4) is 5.75 Å². The van der Waals surface area contributed by atoms with E-state index in [1.807, 2.05) is 44.1 Å². The van der Waals surface area contributed by atoms with Crippen LogP contribution < -0.4 is 15.0 Å². The molecular formula is C17H19ClN2O2. The number of ether oxygens (including phenoxy) is 1. The lowest BCUT2D eigenvalue weighted by atomic mass is 10.1. The standard InChI is InChI=1S/C17H19ClN2O2/c1-12-4-7-14(20(2)3)10-16(12)19-17(21)11-22-15-8-5-13(18)6-9-15/h4-10H,11H2,1-3H3,(H,19,21). The molecule has 0 bridgehead atoms. The Balaban J connectivity index is 1.97. The van der Waals surface area contributed by atoms with Gasteiger partial charge in [-0.2, -0.15) is 0 Å². The van der Waals surface area contributed by atoms with E-state index in [0.717, 1.165) is 16.9 Å². The molecule has 0 spiro atoms. The summed E-state index contributed by atoms with van der Waals surface area (Å²) in [4.78, 5) is 14.0. The molecule has 0 aliphatic rings. The molecule has 2 aromatic rings. The van der Waals surface area contributed by atoms with Crippen LogP contribution in [0.3, 0.4) is 0 Å². The van der Waals surface area contributed by atoms with Gasteiger partial charge in [-0.15, -0.1) is 0 Å². The van der Waals surface area contributed by atoms with E-state index in [0.29, 0.717) is 10.8 Å². The molecule has 2 aromatic carbocycles. The predicted octanol–water partition coefficient (Wildman–Crippen LogP) is 3.73. The largest absolute Gasteiger partial charge is 0.484 e. The van der Waals surface area contributed by atoms with Gasteiger partial charge in [-0.3, -0.25) is 4.79 Å². The Morgan fingerprint density at radius 3 is 2.50 bits per heavy atom. The number of aryl methyl sites for hydroxylation is 1. The van der Waals surface area contributed by atoms with E-state index < -0.39 is 0 Å². The first kappa shape index (κ1) is 16.2. The zero-order valence-corrected chi connectivity index (χ0v) is 13.6. The number of benzene rings is 2. The SMILES string of the molecule is Cc1ccc(N(C)C)cc1NC(=O)COc1ccc(Cl)cc1. The second-order valence-corrected chi connectivity index (χ2v) is 5.62. The molecule has 0 aromatic heterocycles. The third kappa shape index (κ3) is 4.40. The van der Waals surface area contributed by atoms with Crippen molar-refractivity contribution in [2.45, 2.75) is 6.92 Å². The smallest absolute Gasteiger partial charge is 0.262 e. The van der Waals surface area contributed by atoms with Crippen LogP contribution in [0.2, 0.25) is 5.02 Å². The van der Waals surface area contributed by atoms with Crippen molar-refractivity contribution in [2.24, 2.45) is 0 Å². The summed E-state index contributed by atoms with van der Waals surface area (Å²) >= 11 is 5.80. The number of amides is 1. The van der Waals surface area contributed by atoms with E-state index in [4.69, 9.17) is 16.3 Å². The molecule has 1 amide bonds. The van der Waals surface area contributed by atoms with Crippen molar-refractivity contribution in [1.82, 2.24) is 0 Å². The molecule has 0 saturated carbocycles. The van der Waals surface area contributed by atoms with Crippen LogP contribution >= 0.6 is 11.6 Å². The number of hydrogen-bond donors (Lipinski definition) is 1. The Labute approximate surface area is 135 Å². The number of rotatable bonds is 5. The van der Waals surface area contributed by atoms with Gasteiger partial charge in [0.1, 0.15) is 5.75 Å². The number of halogens is 1. The van der Waals surface area contributed by atoms with Gasteiger partial charge in [-0.25, -0.2) is 0 Å². The minimum atomic E-state index is -0.200. The molecule has 0 saturated heterocycles. The highest BCUT2D eigenvalue weighted by molar-refractivity contribution is 6.30. The monoisotopic (exact) mass is 318 g/mol. The van der Waals surface area contributed by atoms with Crippen LogP contribution in [0.1, 0.15) is 5.56 Å². The van der Waals surface area contributed by atoms with Crippen LogP contribution in [-0.2, 0) is 4.79 Å². The molecule has 0 radical (unpaired) electrons. The lowest BCUT2D eigenvalue weighted by Crippen LogP contribution is -2.21. The summed E-state index contributed by atoms with van der Waals surface area (Å²) in [6.07, 6.45) is 0. The normalized spacial score (nSPS) is 10.2. The lowest BCUT2D eigenvalue weighted by Gasteiger charge is -2.16. The van der Waals surface area contributed by atoms with Crippen LogP contribution in [-0.4, -0.2) is 26.6 Å². The van der Waals surface area contributed by atoms with Crippen LogP contribution in [0.25, 0.3) is 0 Å². The van der Waals surface area contributed by atoms with Gasteiger partial charge in [0.05, 0.1) is 0 Å². The summed E-state index contributed by atoms with van der Waals surface area (Å²) in [5, 5.41) is 3.50. The number of hydrogen-bond acceptors (Lipinski definition) is 3. The maximum Gasteiger partial charge on any atom is 0.262 e. The maximum atomic E-state index is 12.0. The molecular weight excluding hydrogens is 300 g/mol. The zero-order valence-electron chi connectivity index (χ0n) is 12.9. The highest BCUT2D eigenvalue weighted by atomic mass is 35.5. The summed E-state index contributed by atoms with van der Waals surface area (Å²) in [6.45, 7) is 1.91. The maximum absolute atomic E-state index is 12.0. The quantitative estimate of drug-likeness (QED) is 0.913. The average Bonchev–Trinajstić information content (AvgIpc) is 2.48. The molecule has 5 heteroatoms. The first-order valence-corrected chi connectivity index (χ1v) is 7.29. The Morgan fingerprint density at radius 1 is 1.18 bits per heavy atom. The van der Waals surface area contributed by atoms with E-state index >= 15 is 0 Å². The summed E-state index contributed by atoms with van der Waals surface area (Å²) < 4.78 is 5.43. The minimum absolute atomic E-state index is 0.0483. The fraction of sp³-hybridized carbons (Fsp3) is 0.235. The molecule has 0 heterocycles. The summed E-state index contributed by atoms with van der Waals surface area (Å²) in [6, 6.07) is 12.8. The molecule has 0 aliphatic carbocycles. The van der Waals surface area contributed by atoms with Crippen molar-refractivity contribution in [3.63, 3.8) is 0 Å². The lowest BCUT2D eigenvalue weighted by molar-refractivity contribution is -0.118. The van der Waals surface area contributed by atoms with Crippen molar-refractivity contribution in [1.29, 1.82) is 0 Å². The highest BCUT2D eigenvalue weighted by Gasteiger charge is 2.07. The second-order valence-electron chi connectivity index (χ2n) is 5.18. The topological polar surface area (TPSA) is 41.6 Å². The van der Waals surface area contributed by atoms with Gasteiger partial charge in [0.2, 0.25) is 0 Å². The Hall–Kier alpha value is -2.20. The van der Waals surface area contributed by atoms with E-state index in [1.165, 1.54) is 0 Å². The van der Waals surface area contributed by atoms with Crippen molar-refractivity contribution >= 4 is 28.9 Å². The fourth-order valence-electron chi connectivity index (χ4n) is 1.89. The predicted molar refractivity (Wildman–Crippen MR) is 91.1 cm³/mol. The molecule has 0 atom stereocenters. The molecule has 0 aliphatic heterocycles. The molecule has 1 N–H and O–H groups in total. The minimum Gasteiger partial charge on any atom is -0.484 e. The zero-order chi connectivity index (χ0) is 16.1. The summed E-state index contributed by atoms with van der Waals surface area (Å²) in [7, 11) is 3.92. The van der Waals surface area contributed by atoms with E-state index in [-0.39, 0.29) is 12.5 Å². The molecule has 0 unspecified atom stereocenters. The Morgan fingerprint density at radius 2 is 1.86 bits per heavy atom. The number of nitrogens with one attached hydrogen (secondary N) is 1. The number of carbonyl (C=O) groups excluding carboxylic acids is 1. The van der Waals surface area contributed by atoms with Crippen molar-refractivity contribution in [3.05, 3.63) is 53.1 Å². The summed E-state index contributed by atoms with van der Waals surface area (Å²) in [5.74, 6) is 0.410. The fourth-order valence-corrected chi connectivity index (χ4v) is 2.01. The third-order valence-electron chi connectivity index (χ3n) is 3.20. The van der Waals surface area contributed by atoms with Gasteiger partial charge in [0.15, 0.2) is 6.61 Å². The van der Waals surface area contributed by atoms with Crippen LogP contribution in [0.4, 0.5) is 11.4 Å². The molecule has 4 nitrogen and oxygen atoms in total. The van der Waals surface area contributed by atoms with Crippen molar-refractivity contribution in [2.75, 3.05) is 30.9 Å². The molecule has 0 fully saturated rings. The van der Waals surface area contributed by atoms with Crippen LogP contribution in [0.15, 0.2) is 42.5 Å². The third-order valence-corrected chi connectivity index (χ3v) is 3.45. The van der Waals surface area contributed by atoms with Gasteiger partial charge in [-0.1, -0.05) is 17.7 Å². The Bertz CT molecular complexity index is 654. The van der Waals surface area contributed by atoms with Gasteiger partial charge in [0.25, 0.3) is 5.91 Å². The van der Waals surface area contributed by atoms with Crippen LogP contribution in [0.5, 0.6) is 5.75 Å². The first-order valence-electron chi connectivity index (χ1n) is 6.92. The molecule has 22 heavy (non-hydrogen) atoms. The van der Waals surface area contributed by atoms with Gasteiger partial charge in [0, 0.05) is 30.5 Å². The van der Waals surface area contributed by atoms with Crippen LogP contribution in [0, 0.1) is 6.92 Å². The van der Waals surface area contributed by atoms with E-state index in [1.54, 1.807) is 24.3 Å². The first-order chi connectivity index (χ1) is 10.5. The number of carbonyl (C=O) groups is 1. The summed E-state index contributed by atoms with van der Waals surface area (Å²) in [5.41, 5.74) is 2.82. The van der Waals surface area contributed by atoms with E-state index in [2.05, 4.69) is 5.32 Å². The number of nitrogens with zero attached hydrogens (tertiary/aromatic N) is 1. The highest BCUT2D eigenvalue weighted by Crippen LogP contribution is 2.22. The second kappa shape index (κ2) is 7.18. The Kier molecular flexibility index (Phi) is 5.28. The molecule has 116 valence electrons. The van der Waals surface area contributed by atoms with Gasteiger partial charge < -0.3 is 15.0 Å². The average molecular weight is 319 g/mol. The van der Waals surface area contributed by atoms with Crippen molar-refractivity contribution < 1.29 is 9.53 Å². The van der Waals surface area contributed by atoms with Gasteiger partial charge in [-0.05, 0) is 48.9 Å². The molecule has 2 rings (SSSR count).